The number of hydrogen-bond acceptors (Lipinski definition) is 4. The van der Waals surface area contributed by atoms with Gasteiger partial charge in [-0.3, -0.25) is 0 Å². The Morgan fingerprint density at radius 1 is 1.20 bits per heavy atom. The van der Waals surface area contributed by atoms with E-state index in [0.717, 1.165) is 48.1 Å². The molecule has 1 heterocycles. The maximum absolute atomic E-state index is 5.73. The molecule has 4 heteroatoms. The van der Waals surface area contributed by atoms with Crippen LogP contribution in [-0.4, -0.2) is 24.7 Å². The first-order valence-corrected chi connectivity index (χ1v) is 8.03. The van der Waals surface area contributed by atoms with E-state index >= 15 is 0 Å². The second kappa shape index (κ2) is 8.02. The van der Waals surface area contributed by atoms with Crippen LogP contribution in [0, 0.1) is 6.92 Å². The van der Waals surface area contributed by atoms with Crippen LogP contribution in [0.4, 0.5) is 0 Å². The van der Waals surface area contributed by atoms with Crippen LogP contribution in [0.5, 0.6) is 5.75 Å². The van der Waals surface area contributed by atoms with Crippen molar-refractivity contribution < 1.29 is 4.74 Å². The second-order valence-corrected chi connectivity index (χ2v) is 5.63. The Labute approximate surface area is 125 Å². The van der Waals surface area contributed by atoms with E-state index in [1.807, 2.05) is 19.1 Å². The van der Waals surface area contributed by atoms with Crippen molar-refractivity contribution in [3.8, 4) is 16.3 Å². The van der Waals surface area contributed by atoms with Gasteiger partial charge in [0.1, 0.15) is 10.8 Å². The fourth-order valence-electron chi connectivity index (χ4n) is 1.87. The molecule has 2 aromatic rings. The average Bonchev–Trinajstić information content (AvgIpc) is 2.90. The monoisotopic (exact) mass is 290 g/mol. The molecule has 2 rings (SSSR count). The summed E-state index contributed by atoms with van der Waals surface area (Å²) in [4.78, 5) is 4.48. The Morgan fingerprint density at radius 2 is 2.00 bits per heavy atom. The molecule has 0 bridgehead atoms. The van der Waals surface area contributed by atoms with E-state index in [-0.39, 0.29) is 0 Å². The normalized spacial score (nSPS) is 10.7. The molecule has 0 spiro atoms. The Balaban J connectivity index is 1.77. The molecule has 0 unspecified atom stereocenters. The molecule has 1 N–H and O–H groups in total. The van der Waals surface area contributed by atoms with Crippen LogP contribution in [0.25, 0.3) is 10.6 Å². The summed E-state index contributed by atoms with van der Waals surface area (Å²) in [6, 6.07) is 8.18. The standard InChI is InChI=1S/C16H22N2OS/c1-3-9-17-10-4-11-19-15-7-5-14(6-8-15)16-18-13(2)12-20-16/h5-8,12,17H,3-4,9-11H2,1-2H3. The van der Waals surface area contributed by atoms with Gasteiger partial charge in [0.05, 0.1) is 6.61 Å². The lowest BCUT2D eigenvalue weighted by atomic mass is 10.2. The zero-order valence-electron chi connectivity index (χ0n) is 12.2. The summed E-state index contributed by atoms with van der Waals surface area (Å²) in [7, 11) is 0. The van der Waals surface area contributed by atoms with E-state index in [1.165, 1.54) is 6.42 Å². The van der Waals surface area contributed by atoms with Gasteiger partial charge < -0.3 is 10.1 Å². The molecule has 0 saturated carbocycles. The minimum Gasteiger partial charge on any atom is -0.494 e. The maximum atomic E-state index is 5.73. The summed E-state index contributed by atoms with van der Waals surface area (Å²) in [6.45, 7) is 7.05. The lowest BCUT2D eigenvalue weighted by molar-refractivity contribution is 0.308. The summed E-state index contributed by atoms with van der Waals surface area (Å²) in [6.07, 6.45) is 2.21. The van der Waals surface area contributed by atoms with E-state index in [4.69, 9.17) is 4.74 Å². The van der Waals surface area contributed by atoms with Crippen LogP contribution in [0.2, 0.25) is 0 Å². The number of nitrogens with one attached hydrogen (secondary N) is 1. The molecule has 0 fully saturated rings. The predicted molar refractivity (Wildman–Crippen MR) is 85.6 cm³/mol. The second-order valence-electron chi connectivity index (χ2n) is 4.77. The number of aryl methyl sites for hydroxylation is 1. The van der Waals surface area contributed by atoms with Crippen LogP contribution >= 0.6 is 11.3 Å². The third kappa shape index (κ3) is 4.62. The molecule has 0 aliphatic carbocycles. The average molecular weight is 290 g/mol. The first-order chi connectivity index (χ1) is 9.79. The van der Waals surface area contributed by atoms with Gasteiger partial charge in [-0.15, -0.1) is 11.3 Å². The van der Waals surface area contributed by atoms with Crippen molar-refractivity contribution in [3.05, 3.63) is 35.3 Å². The van der Waals surface area contributed by atoms with Crippen molar-refractivity contribution >= 4 is 11.3 Å². The van der Waals surface area contributed by atoms with Gasteiger partial charge in [0.25, 0.3) is 0 Å². The van der Waals surface area contributed by atoms with Gasteiger partial charge >= 0.3 is 0 Å². The van der Waals surface area contributed by atoms with Gasteiger partial charge in [-0.25, -0.2) is 4.98 Å². The number of benzene rings is 1. The number of thiazole rings is 1. The zero-order chi connectivity index (χ0) is 14.2. The molecule has 0 aliphatic rings. The largest absolute Gasteiger partial charge is 0.494 e. The van der Waals surface area contributed by atoms with Crippen LogP contribution < -0.4 is 10.1 Å². The Hall–Kier alpha value is -1.39. The van der Waals surface area contributed by atoms with Crippen molar-refractivity contribution in [2.45, 2.75) is 26.7 Å². The summed E-state index contributed by atoms with van der Waals surface area (Å²) in [5, 5.41) is 6.51. The van der Waals surface area contributed by atoms with Gasteiger partial charge in [0, 0.05) is 16.6 Å². The Kier molecular flexibility index (Phi) is 6.02. The number of aromatic nitrogens is 1. The first kappa shape index (κ1) is 15.0. The summed E-state index contributed by atoms with van der Waals surface area (Å²) < 4.78 is 5.73. The highest BCUT2D eigenvalue weighted by molar-refractivity contribution is 7.13. The van der Waals surface area contributed by atoms with Gasteiger partial charge in [0.15, 0.2) is 0 Å². The number of nitrogens with zero attached hydrogens (tertiary/aromatic N) is 1. The van der Waals surface area contributed by atoms with Crippen LogP contribution in [0.15, 0.2) is 29.6 Å². The van der Waals surface area contributed by atoms with Crippen molar-refractivity contribution in [2.24, 2.45) is 0 Å². The molecule has 0 radical (unpaired) electrons. The molecular weight excluding hydrogens is 268 g/mol. The van der Waals surface area contributed by atoms with Crippen LogP contribution in [0.1, 0.15) is 25.5 Å². The fraction of sp³-hybridized carbons (Fsp3) is 0.438. The lowest BCUT2D eigenvalue weighted by Gasteiger charge is -2.07. The number of rotatable bonds is 8. The highest BCUT2D eigenvalue weighted by Crippen LogP contribution is 2.25. The first-order valence-electron chi connectivity index (χ1n) is 7.15. The Bertz CT molecular complexity index is 507. The number of ether oxygens (including phenoxy) is 1. The molecule has 0 saturated heterocycles. The quantitative estimate of drug-likeness (QED) is 0.749. The lowest BCUT2D eigenvalue weighted by Crippen LogP contribution is -2.17. The third-order valence-corrected chi connectivity index (χ3v) is 3.92. The van der Waals surface area contributed by atoms with Gasteiger partial charge in [-0.1, -0.05) is 6.92 Å². The van der Waals surface area contributed by atoms with Gasteiger partial charge in [0.2, 0.25) is 0 Å². The van der Waals surface area contributed by atoms with E-state index in [1.54, 1.807) is 11.3 Å². The fourth-order valence-corrected chi connectivity index (χ4v) is 2.67. The van der Waals surface area contributed by atoms with Crippen molar-refractivity contribution in [1.29, 1.82) is 0 Å². The molecule has 3 nitrogen and oxygen atoms in total. The van der Waals surface area contributed by atoms with Crippen molar-refractivity contribution in [3.63, 3.8) is 0 Å². The highest BCUT2D eigenvalue weighted by atomic mass is 32.1. The van der Waals surface area contributed by atoms with Crippen molar-refractivity contribution in [2.75, 3.05) is 19.7 Å². The SMILES string of the molecule is CCCNCCCOc1ccc(-c2nc(C)cs2)cc1. The molecule has 0 amide bonds. The maximum Gasteiger partial charge on any atom is 0.123 e. The van der Waals surface area contributed by atoms with Gasteiger partial charge in [-0.2, -0.15) is 0 Å². The van der Waals surface area contributed by atoms with E-state index in [0.29, 0.717) is 0 Å². The molecular formula is C16H22N2OS. The predicted octanol–water partition coefficient (Wildman–Crippen LogP) is 3.89. The summed E-state index contributed by atoms with van der Waals surface area (Å²) in [5.74, 6) is 0.928. The van der Waals surface area contributed by atoms with Crippen LogP contribution in [-0.2, 0) is 0 Å². The summed E-state index contributed by atoms with van der Waals surface area (Å²) in [5.41, 5.74) is 2.23. The van der Waals surface area contributed by atoms with E-state index in [2.05, 4.69) is 34.7 Å². The molecule has 20 heavy (non-hydrogen) atoms. The molecule has 1 aromatic heterocycles. The minimum absolute atomic E-state index is 0.756. The zero-order valence-corrected chi connectivity index (χ0v) is 13.0. The third-order valence-electron chi connectivity index (χ3n) is 2.91. The van der Waals surface area contributed by atoms with E-state index in [9.17, 15) is 0 Å². The highest BCUT2D eigenvalue weighted by Gasteiger charge is 2.02. The minimum atomic E-state index is 0.756. The molecule has 1 aromatic carbocycles. The number of hydrogen-bond donors (Lipinski definition) is 1. The summed E-state index contributed by atoms with van der Waals surface area (Å²) >= 11 is 1.68. The molecule has 108 valence electrons. The van der Waals surface area contributed by atoms with E-state index < -0.39 is 0 Å². The van der Waals surface area contributed by atoms with Gasteiger partial charge in [-0.05, 0) is 57.1 Å². The van der Waals surface area contributed by atoms with Crippen LogP contribution in [0.3, 0.4) is 0 Å². The smallest absolute Gasteiger partial charge is 0.123 e. The Morgan fingerprint density at radius 3 is 2.65 bits per heavy atom. The topological polar surface area (TPSA) is 34.1 Å². The van der Waals surface area contributed by atoms with Crippen molar-refractivity contribution in [1.82, 2.24) is 10.3 Å². The molecule has 0 aliphatic heterocycles. The molecule has 0 atom stereocenters.